The van der Waals surface area contributed by atoms with Crippen molar-refractivity contribution in [3.8, 4) is 44.7 Å². The zero-order valence-electron chi connectivity index (χ0n) is 50.9. The van der Waals surface area contributed by atoms with Gasteiger partial charge in [-0.1, -0.05) is 151 Å². The molecule has 0 N–H and O–H groups in total. The smallest absolute Gasteiger partial charge is 0.147 e. The largest absolute Gasteiger partial charge is 0.455 e. The highest BCUT2D eigenvalue weighted by molar-refractivity contribution is 6.28. The number of hydrogen-bond donors (Lipinski definition) is 0. The standard InChI is InChI=1S/C46H28O2/c1-4-15-29(16-5-1)40-32-21-10-12-23-34(32)42(35-24-13-11-22-33(35)40)36-25-14-26-38-43(36)37-27-28-39-44(46(37)48-38)41(30-17-6-2-7-18-30)45(47-39)31-19-8-3-9-20-31/h1-28H/i1D,2D,3D,4D,5D,6D,7D,8D,9D,10D,11D,12D,13D,14D,15D,16D,17D,18D,19D,20D,21D,22D,23D,24D,25D,26D,28D. The minimum Gasteiger partial charge on any atom is -0.455 e. The number of rotatable bonds is 4. The lowest BCUT2D eigenvalue weighted by atomic mass is 9.85. The first-order valence-corrected chi connectivity index (χ1v) is 14.1. The first-order valence-electron chi connectivity index (χ1n) is 27.6. The van der Waals surface area contributed by atoms with Crippen molar-refractivity contribution < 1.29 is 45.8 Å². The van der Waals surface area contributed by atoms with Crippen LogP contribution in [0.15, 0.2) is 178 Å². The maximum atomic E-state index is 9.63. The molecule has 2 aromatic heterocycles. The minimum atomic E-state index is -0.957. The van der Waals surface area contributed by atoms with E-state index in [0.29, 0.717) is 0 Å². The molecular formula is C46H28O2. The molecule has 224 valence electrons. The maximum Gasteiger partial charge on any atom is 0.147 e. The van der Waals surface area contributed by atoms with Crippen LogP contribution in [-0.2, 0) is 0 Å². The molecule has 10 aromatic rings. The fourth-order valence-electron chi connectivity index (χ4n) is 6.04. The second kappa shape index (κ2) is 10.6. The first-order chi connectivity index (χ1) is 35.0. The van der Waals surface area contributed by atoms with Gasteiger partial charge in [0.2, 0.25) is 0 Å². The van der Waals surface area contributed by atoms with Crippen LogP contribution < -0.4 is 0 Å². The van der Waals surface area contributed by atoms with E-state index < -0.39 is 257 Å². The van der Waals surface area contributed by atoms with Crippen LogP contribution in [0.25, 0.3) is 99.2 Å². The van der Waals surface area contributed by atoms with Crippen molar-refractivity contribution in [2.24, 2.45) is 0 Å². The average Bonchev–Trinajstić information content (AvgIpc) is 3.96. The average molecular weight is 640 g/mol. The Morgan fingerprint density at radius 2 is 0.854 bits per heavy atom. The molecule has 0 spiro atoms. The van der Waals surface area contributed by atoms with Crippen molar-refractivity contribution in [3.63, 3.8) is 0 Å². The molecule has 2 heterocycles. The van der Waals surface area contributed by atoms with Crippen LogP contribution >= 0.6 is 0 Å². The molecule has 2 heteroatoms. The third-order valence-electron chi connectivity index (χ3n) is 7.89. The van der Waals surface area contributed by atoms with Crippen LogP contribution in [0.2, 0.25) is 0 Å². The Kier molecular flexibility index (Phi) is 2.51. The van der Waals surface area contributed by atoms with Gasteiger partial charge in [-0.05, 0) is 67.5 Å². The molecule has 8 aromatic carbocycles. The quantitative estimate of drug-likeness (QED) is 0.179. The van der Waals surface area contributed by atoms with Gasteiger partial charge in [-0.25, -0.2) is 0 Å². The lowest BCUT2D eigenvalue weighted by Crippen LogP contribution is -1.91. The van der Waals surface area contributed by atoms with Gasteiger partial charge in [-0.15, -0.1) is 0 Å². The lowest BCUT2D eigenvalue weighted by Gasteiger charge is -2.18. The van der Waals surface area contributed by atoms with Crippen LogP contribution in [0.3, 0.4) is 0 Å². The lowest BCUT2D eigenvalue weighted by molar-refractivity contribution is 0.631. The molecule has 0 saturated heterocycles. The third-order valence-corrected chi connectivity index (χ3v) is 7.89. The fourth-order valence-corrected chi connectivity index (χ4v) is 6.04. The molecule has 10 rings (SSSR count). The van der Waals surface area contributed by atoms with Crippen LogP contribution in [0.1, 0.15) is 37.0 Å². The normalized spacial score (nSPS) is 19.6. The van der Waals surface area contributed by atoms with Gasteiger partial charge >= 0.3 is 0 Å². The van der Waals surface area contributed by atoms with Gasteiger partial charge in [0.05, 0.1) is 42.4 Å². The van der Waals surface area contributed by atoms with Gasteiger partial charge in [-0.3, -0.25) is 0 Å². The molecule has 0 radical (unpaired) electrons. The molecule has 2 nitrogen and oxygen atoms in total. The number of fused-ring (bicyclic) bond motifs is 7. The van der Waals surface area contributed by atoms with Crippen molar-refractivity contribution in [1.29, 1.82) is 0 Å². The molecular weight excluding hydrogens is 585 g/mol. The van der Waals surface area contributed by atoms with E-state index in [1.807, 2.05) is 0 Å². The van der Waals surface area contributed by atoms with E-state index in [-0.39, 0.29) is 5.39 Å². The highest BCUT2D eigenvalue weighted by Gasteiger charge is 2.25. The second-order valence-electron chi connectivity index (χ2n) is 10.3. The predicted molar refractivity (Wildman–Crippen MR) is 200 cm³/mol. The van der Waals surface area contributed by atoms with Gasteiger partial charge in [0.25, 0.3) is 0 Å². The summed E-state index contributed by atoms with van der Waals surface area (Å²) in [7, 11) is 0. The highest BCUT2D eigenvalue weighted by atomic mass is 16.3. The van der Waals surface area contributed by atoms with Crippen LogP contribution in [0.4, 0.5) is 0 Å². The highest BCUT2D eigenvalue weighted by Crippen LogP contribution is 2.50. The number of hydrogen-bond acceptors (Lipinski definition) is 2. The maximum absolute atomic E-state index is 9.63. The summed E-state index contributed by atoms with van der Waals surface area (Å²) in [6.07, 6.45) is 0. The Labute approximate surface area is 315 Å². The van der Waals surface area contributed by atoms with Gasteiger partial charge in [0.1, 0.15) is 22.5 Å². The van der Waals surface area contributed by atoms with Crippen LogP contribution in [0, 0.1) is 0 Å². The molecule has 48 heavy (non-hydrogen) atoms. The molecule has 0 aliphatic rings. The molecule has 0 bridgehead atoms. The summed E-state index contributed by atoms with van der Waals surface area (Å²) in [6.45, 7) is 0. The Morgan fingerprint density at radius 1 is 0.354 bits per heavy atom. The van der Waals surface area contributed by atoms with Crippen LogP contribution in [-0.4, -0.2) is 0 Å². The SMILES string of the molecule is [2H]c1c([2H])c([2H])c(-c2oc3c([2H])cc4c(oc5c([2H])c([2H])c([2H])c(-c6c7c([2H])c([2H])c([2H])c([2H])c7c(-c7c([2H])c([2H])c([2H])c([2H])c7[2H])c7c([2H])c([2H])c([2H])c([2H])c67)c54)c3c2-c2c([2H])c([2H])c([2H])c([2H])c2[2H])c([2H])c1[2H]. The van der Waals surface area contributed by atoms with Crippen molar-refractivity contribution in [3.05, 3.63) is 169 Å². The fraction of sp³-hybridized carbons (Fsp3) is 0. The van der Waals surface area contributed by atoms with Crippen molar-refractivity contribution >= 4 is 54.5 Å². The third kappa shape index (κ3) is 3.93. The topological polar surface area (TPSA) is 26.3 Å². The van der Waals surface area contributed by atoms with E-state index in [0.717, 1.165) is 6.07 Å². The molecule has 0 saturated carbocycles. The Hall–Kier alpha value is -6.38. The van der Waals surface area contributed by atoms with E-state index >= 15 is 0 Å². The van der Waals surface area contributed by atoms with Crippen LogP contribution in [0.5, 0.6) is 0 Å². The Morgan fingerprint density at radius 3 is 1.46 bits per heavy atom. The Balaban J connectivity index is 1.54. The first kappa shape index (κ1) is 11.4. The van der Waals surface area contributed by atoms with Gasteiger partial charge < -0.3 is 8.83 Å². The van der Waals surface area contributed by atoms with Gasteiger partial charge in [-0.2, -0.15) is 0 Å². The van der Waals surface area contributed by atoms with Crippen molar-refractivity contribution in [2.75, 3.05) is 0 Å². The van der Waals surface area contributed by atoms with Crippen molar-refractivity contribution in [1.82, 2.24) is 0 Å². The molecule has 0 aliphatic carbocycles. The molecule has 0 aliphatic heterocycles. The zero-order chi connectivity index (χ0) is 55.1. The minimum absolute atomic E-state index is 0.334. The summed E-state index contributed by atoms with van der Waals surface area (Å²) in [5, 5.41) is -3.91. The predicted octanol–water partition coefficient (Wildman–Crippen LogP) is 13.3. The molecule has 0 fully saturated rings. The summed E-state index contributed by atoms with van der Waals surface area (Å²) in [5.74, 6) is -0.706. The second-order valence-corrected chi connectivity index (χ2v) is 10.3. The number of benzene rings is 8. The molecule has 0 atom stereocenters. The van der Waals surface area contributed by atoms with E-state index in [9.17, 15) is 11.0 Å². The van der Waals surface area contributed by atoms with Gasteiger partial charge in [0.15, 0.2) is 0 Å². The van der Waals surface area contributed by atoms with E-state index in [4.69, 9.17) is 34.9 Å². The molecule has 0 amide bonds. The van der Waals surface area contributed by atoms with E-state index in [1.165, 1.54) is 0 Å². The van der Waals surface area contributed by atoms with E-state index in [1.54, 1.807) is 0 Å². The summed E-state index contributed by atoms with van der Waals surface area (Å²) >= 11 is 0. The van der Waals surface area contributed by atoms with Gasteiger partial charge in [0, 0.05) is 21.9 Å². The Bertz CT molecular complexity index is 4210. The zero-order valence-corrected chi connectivity index (χ0v) is 23.9. The monoisotopic (exact) mass is 639 g/mol. The summed E-state index contributed by atoms with van der Waals surface area (Å²) < 4.78 is 253. The molecule has 0 unspecified atom stereocenters. The van der Waals surface area contributed by atoms with E-state index in [2.05, 4.69) is 0 Å². The summed E-state index contributed by atoms with van der Waals surface area (Å²) in [6, 6.07) is -23.3. The van der Waals surface area contributed by atoms with Crippen molar-refractivity contribution in [2.45, 2.75) is 0 Å². The number of furan rings is 2. The summed E-state index contributed by atoms with van der Waals surface area (Å²) in [5.41, 5.74) is -6.28. The summed E-state index contributed by atoms with van der Waals surface area (Å²) in [4.78, 5) is 0.